The molecular formula is C26H35NO5. The Kier molecular flexibility index (Phi) is 7.03. The number of anilines is 1. The molecule has 0 saturated heterocycles. The molecule has 0 fully saturated rings. The van der Waals surface area contributed by atoms with Crippen molar-refractivity contribution in [3.63, 3.8) is 0 Å². The Morgan fingerprint density at radius 3 is 2.38 bits per heavy atom. The number of methoxy groups -OCH3 is 2. The van der Waals surface area contributed by atoms with Crippen molar-refractivity contribution in [3.8, 4) is 11.5 Å². The Labute approximate surface area is 191 Å². The summed E-state index contributed by atoms with van der Waals surface area (Å²) in [6.45, 7) is 10.6. The number of hydrogen-bond donors (Lipinski definition) is 1. The number of rotatable bonds is 7. The lowest BCUT2D eigenvalue weighted by molar-refractivity contribution is -0.182. The van der Waals surface area contributed by atoms with Gasteiger partial charge in [-0.1, -0.05) is 32.9 Å². The van der Waals surface area contributed by atoms with Crippen LogP contribution in [0.2, 0.25) is 0 Å². The largest absolute Gasteiger partial charge is 0.497 e. The van der Waals surface area contributed by atoms with Gasteiger partial charge in [0.15, 0.2) is 6.10 Å². The van der Waals surface area contributed by atoms with Gasteiger partial charge < -0.3 is 24.3 Å². The van der Waals surface area contributed by atoms with Crippen LogP contribution >= 0.6 is 0 Å². The molecule has 3 rings (SSSR count). The van der Waals surface area contributed by atoms with Gasteiger partial charge in [-0.05, 0) is 55.2 Å². The van der Waals surface area contributed by atoms with Gasteiger partial charge >= 0.3 is 5.97 Å². The topological polar surface area (TPSA) is 66.0 Å². The first kappa shape index (κ1) is 23.9. The van der Waals surface area contributed by atoms with Gasteiger partial charge in [-0.15, -0.1) is 0 Å². The van der Waals surface area contributed by atoms with Crippen molar-refractivity contribution in [1.82, 2.24) is 0 Å². The van der Waals surface area contributed by atoms with E-state index < -0.39 is 17.8 Å². The van der Waals surface area contributed by atoms with Crippen LogP contribution in [0.5, 0.6) is 11.5 Å². The van der Waals surface area contributed by atoms with Crippen LogP contribution in [-0.2, 0) is 20.8 Å². The summed E-state index contributed by atoms with van der Waals surface area (Å²) >= 11 is 0. The van der Waals surface area contributed by atoms with Gasteiger partial charge in [0.25, 0.3) is 0 Å². The zero-order chi connectivity index (χ0) is 23.5. The van der Waals surface area contributed by atoms with E-state index in [4.69, 9.17) is 18.9 Å². The SMILES string of the molecule is COc1ccc(CNc2ccc3c(c2)C(OC)C(OC(=O)CC(C)(C)C)C(C)(C)O3)cc1. The third-order valence-electron chi connectivity index (χ3n) is 5.49. The maximum Gasteiger partial charge on any atom is 0.306 e. The number of fused-ring (bicyclic) bond motifs is 1. The smallest absolute Gasteiger partial charge is 0.306 e. The maximum absolute atomic E-state index is 12.6. The van der Waals surface area contributed by atoms with Gasteiger partial charge in [0, 0.05) is 24.9 Å². The lowest BCUT2D eigenvalue weighted by Crippen LogP contribution is -2.51. The van der Waals surface area contributed by atoms with E-state index in [1.54, 1.807) is 14.2 Å². The predicted octanol–water partition coefficient (Wildman–Crippen LogP) is 5.51. The van der Waals surface area contributed by atoms with Crippen molar-refractivity contribution in [1.29, 1.82) is 0 Å². The van der Waals surface area contributed by atoms with Crippen molar-refractivity contribution < 1.29 is 23.7 Å². The quantitative estimate of drug-likeness (QED) is 0.571. The molecule has 0 aromatic heterocycles. The molecule has 2 aromatic carbocycles. The number of nitrogens with one attached hydrogen (secondary N) is 1. The average molecular weight is 442 g/mol. The molecule has 0 radical (unpaired) electrons. The zero-order valence-electron chi connectivity index (χ0n) is 20.2. The summed E-state index contributed by atoms with van der Waals surface area (Å²) in [5.41, 5.74) is 2.05. The minimum absolute atomic E-state index is 0.157. The number of benzene rings is 2. The maximum atomic E-state index is 12.6. The fourth-order valence-electron chi connectivity index (χ4n) is 3.86. The van der Waals surface area contributed by atoms with E-state index in [9.17, 15) is 4.79 Å². The van der Waals surface area contributed by atoms with Gasteiger partial charge in [0.05, 0.1) is 13.5 Å². The summed E-state index contributed by atoms with van der Waals surface area (Å²) in [6.07, 6.45) is -0.668. The highest BCUT2D eigenvalue weighted by Gasteiger charge is 2.47. The molecule has 0 amide bonds. The molecule has 2 atom stereocenters. The van der Waals surface area contributed by atoms with E-state index in [0.29, 0.717) is 13.0 Å². The average Bonchev–Trinajstić information content (AvgIpc) is 2.71. The predicted molar refractivity (Wildman–Crippen MR) is 125 cm³/mol. The normalized spacial score (nSPS) is 19.5. The first-order valence-electron chi connectivity index (χ1n) is 10.9. The van der Waals surface area contributed by atoms with Crippen LogP contribution in [0.3, 0.4) is 0 Å². The minimum atomic E-state index is -0.723. The Bertz CT molecular complexity index is 930. The Hall–Kier alpha value is -2.73. The summed E-state index contributed by atoms with van der Waals surface area (Å²) in [5, 5.41) is 3.44. The lowest BCUT2D eigenvalue weighted by Gasteiger charge is -2.43. The highest BCUT2D eigenvalue weighted by Crippen LogP contribution is 2.44. The summed E-state index contributed by atoms with van der Waals surface area (Å²) in [4.78, 5) is 12.6. The Balaban J connectivity index is 1.79. The second kappa shape index (κ2) is 9.41. The Morgan fingerprint density at radius 2 is 1.78 bits per heavy atom. The molecule has 6 heteroatoms. The van der Waals surface area contributed by atoms with Crippen molar-refractivity contribution >= 4 is 11.7 Å². The Morgan fingerprint density at radius 1 is 1.09 bits per heavy atom. The second-order valence-corrected chi connectivity index (χ2v) is 9.96. The fraction of sp³-hybridized carbons (Fsp3) is 0.500. The van der Waals surface area contributed by atoms with Crippen molar-refractivity contribution in [2.75, 3.05) is 19.5 Å². The fourth-order valence-corrected chi connectivity index (χ4v) is 3.86. The molecule has 1 heterocycles. The van der Waals surface area contributed by atoms with Crippen LogP contribution in [0.4, 0.5) is 5.69 Å². The van der Waals surface area contributed by atoms with E-state index in [2.05, 4.69) is 5.32 Å². The van der Waals surface area contributed by atoms with E-state index in [-0.39, 0.29) is 11.4 Å². The number of esters is 1. The van der Waals surface area contributed by atoms with Crippen molar-refractivity contribution in [2.24, 2.45) is 5.41 Å². The number of ether oxygens (including phenoxy) is 4. The third-order valence-corrected chi connectivity index (χ3v) is 5.49. The molecule has 2 unspecified atom stereocenters. The van der Waals surface area contributed by atoms with Gasteiger partial charge in [-0.2, -0.15) is 0 Å². The van der Waals surface area contributed by atoms with Gasteiger partial charge in [-0.3, -0.25) is 4.79 Å². The summed E-state index contributed by atoms with van der Waals surface area (Å²) in [5.74, 6) is 1.32. The molecule has 0 bridgehead atoms. The summed E-state index contributed by atoms with van der Waals surface area (Å²) < 4.78 is 23.2. The number of carbonyl (C=O) groups is 1. The third kappa shape index (κ3) is 5.74. The molecule has 0 aliphatic carbocycles. The molecule has 0 spiro atoms. The second-order valence-electron chi connectivity index (χ2n) is 9.96. The van der Waals surface area contributed by atoms with E-state index in [0.717, 1.165) is 28.3 Å². The lowest BCUT2D eigenvalue weighted by atomic mass is 9.87. The van der Waals surface area contributed by atoms with Crippen LogP contribution in [0.1, 0.15) is 58.3 Å². The first-order valence-corrected chi connectivity index (χ1v) is 10.9. The molecular weight excluding hydrogens is 406 g/mol. The molecule has 1 N–H and O–H groups in total. The van der Waals surface area contributed by atoms with E-state index in [1.807, 2.05) is 77.1 Å². The van der Waals surface area contributed by atoms with Gasteiger partial charge in [0.1, 0.15) is 23.2 Å². The van der Waals surface area contributed by atoms with Gasteiger partial charge in [0.2, 0.25) is 0 Å². The summed E-state index contributed by atoms with van der Waals surface area (Å²) in [6, 6.07) is 13.9. The molecule has 32 heavy (non-hydrogen) atoms. The van der Waals surface area contributed by atoms with Crippen LogP contribution in [0.25, 0.3) is 0 Å². The first-order chi connectivity index (χ1) is 15.0. The van der Waals surface area contributed by atoms with E-state index >= 15 is 0 Å². The highest BCUT2D eigenvalue weighted by molar-refractivity contribution is 5.70. The molecule has 1 aliphatic rings. The summed E-state index contributed by atoms with van der Waals surface area (Å²) in [7, 11) is 3.29. The van der Waals surface area contributed by atoms with E-state index in [1.165, 1.54) is 0 Å². The minimum Gasteiger partial charge on any atom is -0.497 e. The molecule has 0 saturated carbocycles. The zero-order valence-corrected chi connectivity index (χ0v) is 20.2. The standard InChI is InChI=1S/C26H35NO5/c1-25(2,3)15-22(28)31-24-23(30-7)20-14-18(10-13-21(20)32-26(24,4)5)27-16-17-8-11-19(29-6)12-9-17/h8-14,23-24,27H,15-16H2,1-7H3. The van der Waals surface area contributed by atoms with Crippen molar-refractivity contribution in [2.45, 2.75) is 65.4 Å². The molecule has 6 nitrogen and oxygen atoms in total. The van der Waals surface area contributed by atoms with Crippen LogP contribution in [0.15, 0.2) is 42.5 Å². The van der Waals surface area contributed by atoms with Crippen molar-refractivity contribution in [3.05, 3.63) is 53.6 Å². The van der Waals surface area contributed by atoms with Crippen LogP contribution in [-0.4, -0.2) is 31.9 Å². The molecule has 174 valence electrons. The number of hydrogen-bond acceptors (Lipinski definition) is 6. The van der Waals surface area contributed by atoms with Gasteiger partial charge in [-0.25, -0.2) is 0 Å². The molecule has 2 aromatic rings. The molecule has 1 aliphatic heterocycles. The van der Waals surface area contributed by atoms with Crippen LogP contribution in [0, 0.1) is 5.41 Å². The highest BCUT2D eigenvalue weighted by atomic mass is 16.6. The monoisotopic (exact) mass is 441 g/mol. The number of carbonyl (C=O) groups excluding carboxylic acids is 1. The van der Waals surface area contributed by atoms with Crippen LogP contribution < -0.4 is 14.8 Å².